The monoisotopic (exact) mass is 203 g/mol. The van der Waals surface area contributed by atoms with Crippen LogP contribution in [-0.4, -0.2) is 24.7 Å². The van der Waals surface area contributed by atoms with Gasteiger partial charge >= 0.3 is 5.97 Å². The highest BCUT2D eigenvalue weighted by atomic mass is 16.4. The summed E-state index contributed by atoms with van der Waals surface area (Å²) < 4.78 is 0. The zero-order valence-corrected chi connectivity index (χ0v) is 8.06. The third-order valence-corrected chi connectivity index (χ3v) is 1.34. The van der Waals surface area contributed by atoms with Crippen LogP contribution in [0.25, 0.3) is 0 Å². The van der Waals surface area contributed by atoms with E-state index in [2.05, 4.69) is 18.5 Å². The van der Waals surface area contributed by atoms with Gasteiger partial charge in [-0.15, -0.1) is 0 Å². The standard InChI is InChI=1S/C10H10BNO3/c1-3-5-8(12-10(11)15)6-7(4-2)9(13)14/h3-6H,1-2H2,(H,12,15)(H,13,14)/b7-6+,8-5+. The molecule has 0 unspecified atom stereocenters. The van der Waals surface area contributed by atoms with Gasteiger partial charge in [-0.3, -0.25) is 4.79 Å². The van der Waals surface area contributed by atoms with E-state index in [1.54, 1.807) is 0 Å². The van der Waals surface area contributed by atoms with Crippen LogP contribution in [0.1, 0.15) is 0 Å². The molecule has 0 heterocycles. The quantitative estimate of drug-likeness (QED) is 0.399. The molecule has 5 heteroatoms. The van der Waals surface area contributed by atoms with Gasteiger partial charge in [0.25, 0.3) is 0 Å². The molecule has 0 spiro atoms. The van der Waals surface area contributed by atoms with E-state index in [-0.39, 0.29) is 11.3 Å². The molecule has 15 heavy (non-hydrogen) atoms. The first-order chi connectivity index (χ1) is 7.01. The lowest BCUT2D eigenvalue weighted by Crippen LogP contribution is -2.20. The second-order valence-electron chi connectivity index (χ2n) is 2.46. The van der Waals surface area contributed by atoms with Gasteiger partial charge in [-0.25, -0.2) is 4.79 Å². The Hall–Kier alpha value is -2.04. The third-order valence-electron chi connectivity index (χ3n) is 1.34. The van der Waals surface area contributed by atoms with Gasteiger partial charge in [-0.05, 0) is 12.2 Å². The SMILES string of the molecule is [B]C(=O)NC(=C/C=C)/C=C(\C=C)C(=O)O. The smallest absolute Gasteiger partial charge is 0.335 e. The van der Waals surface area contributed by atoms with Crippen LogP contribution in [-0.2, 0) is 4.79 Å². The zero-order chi connectivity index (χ0) is 11.8. The van der Waals surface area contributed by atoms with Crippen molar-refractivity contribution in [1.29, 1.82) is 0 Å². The number of nitrogens with one attached hydrogen (secondary N) is 1. The van der Waals surface area contributed by atoms with E-state index in [9.17, 15) is 9.59 Å². The lowest BCUT2D eigenvalue weighted by molar-refractivity contribution is -0.132. The fourth-order valence-electron chi connectivity index (χ4n) is 0.771. The normalized spacial score (nSPS) is 11.7. The molecule has 0 saturated heterocycles. The third kappa shape index (κ3) is 5.31. The van der Waals surface area contributed by atoms with E-state index in [1.165, 1.54) is 18.2 Å². The van der Waals surface area contributed by atoms with Crippen LogP contribution in [0.2, 0.25) is 0 Å². The summed E-state index contributed by atoms with van der Waals surface area (Å²) in [6, 6.07) is 0. The molecule has 2 radical (unpaired) electrons. The largest absolute Gasteiger partial charge is 0.478 e. The first kappa shape index (κ1) is 13.0. The Morgan fingerprint density at radius 2 is 1.93 bits per heavy atom. The van der Waals surface area contributed by atoms with Crippen LogP contribution in [0.15, 0.2) is 48.7 Å². The first-order valence-corrected chi connectivity index (χ1v) is 3.98. The minimum Gasteiger partial charge on any atom is -0.478 e. The van der Waals surface area contributed by atoms with E-state index in [4.69, 9.17) is 13.0 Å². The number of carboxylic acids is 1. The average Bonchev–Trinajstić information content (AvgIpc) is 2.12. The molecule has 0 aromatic rings. The topological polar surface area (TPSA) is 66.4 Å². The van der Waals surface area contributed by atoms with Crippen molar-refractivity contribution in [1.82, 2.24) is 5.32 Å². The highest BCUT2D eigenvalue weighted by molar-refractivity contribution is 6.57. The lowest BCUT2D eigenvalue weighted by Gasteiger charge is -2.03. The van der Waals surface area contributed by atoms with E-state index in [1.807, 2.05) is 0 Å². The zero-order valence-electron chi connectivity index (χ0n) is 8.06. The maximum Gasteiger partial charge on any atom is 0.335 e. The predicted molar refractivity (Wildman–Crippen MR) is 58.5 cm³/mol. The maximum atomic E-state index is 10.6. The molecule has 0 rings (SSSR count). The number of hydrogen-bond acceptors (Lipinski definition) is 2. The maximum absolute atomic E-state index is 10.6. The Morgan fingerprint density at radius 1 is 1.33 bits per heavy atom. The Balaban J connectivity index is 5.02. The van der Waals surface area contributed by atoms with Gasteiger partial charge in [0.05, 0.1) is 5.57 Å². The van der Waals surface area contributed by atoms with Gasteiger partial charge in [0.1, 0.15) is 0 Å². The van der Waals surface area contributed by atoms with Crippen LogP contribution in [0, 0.1) is 0 Å². The Kier molecular flexibility index (Phi) is 5.55. The van der Waals surface area contributed by atoms with Crippen molar-refractivity contribution in [2.24, 2.45) is 0 Å². The molecule has 0 fully saturated rings. The minimum atomic E-state index is -1.15. The van der Waals surface area contributed by atoms with Crippen LogP contribution < -0.4 is 5.32 Å². The first-order valence-electron chi connectivity index (χ1n) is 3.98. The number of aliphatic carboxylic acids is 1. The second kappa shape index (κ2) is 6.42. The van der Waals surface area contributed by atoms with E-state index in [0.717, 1.165) is 6.08 Å². The van der Waals surface area contributed by atoms with E-state index < -0.39 is 11.8 Å². The molecule has 0 aliphatic heterocycles. The van der Waals surface area contributed by atoms with Crippen LogP contribution in [0.3, 0.4) is 0 Å². The number of rotatable bonds is 5. The molecule has 2 N–H and O–H groups in total. The number of hydrogen-bond donors (Lipinski definition) is 2. The predicted octanol–water partition coefficient (Wildman–Crippen LogP) is 1.13. The fourth-order valence-corrected chi connectivity index (χ4v) is 0.771. The minimum absolute atomic E-state index is 0.0585. The summed E-state index contributed by atoms with van der Waals surface area (Å²) in [7, 11) is 4.89. The average molecular weight is 203 g/mol. The van der Waals surface area contributed by atoms with E-state index >= 15 is 0 Å². The van der Waals surface area contributed by atoms with Gasteiger partial charge in [-0.1, -0.05) is 25.3 Å². The number of amides is 1. The molecular formula is C10H10BNO3. The van der Waals surface area contributed by atoms with Crippen molar-refractivity contribution in [2.45, 2.75) is 0 Å². The number of carboxylic acid groups (broad SMARTS) is 1. The molecule has 0 aliphatic rings. The molecule has 1 amide bonds. The Bertz CT molecular complexity index is 356. The number of carbonyl (C=O) groups excluding carboxylic acids is 1. The van der Waals surface area contributed by atoms with Crippen molar-refractivity contribution in [3.05, 3.63) is 48.7 Å². The summed E-state index contributed by atoms with van der Waals surface area (Å²) >= 11 is 0. The van der Waals surface area contributed by atoms with Gasteiger partial charge in [0.15, 0.2) is 5.81 Å². The van der Waals surface area contributed by atoms with Crippen molar-refractivity contribution in [2.75, 3.05) is 0 Å². The van der Waals surface area contributed by atoms with Gasteiger partial charge in [0, 0.05) is 5.70 Å². The van der Waals surface area contributed by atoms with E-state index in [0.29, 0.717) is 0 Å². The molecule has 76 valence electrons. The van der Waals surface area contributed by atoms with Gasteiger partial charge in [0.2, 0.25) is 7.85 Å². The van der Waals surface area contributed by atoms with Gasteiger partial charge in [-0.2, -0.15) is 0 Å². The number of allylic oxidation sites excluding steroid dienone is 3. The Morgan fingerprint density at radius 3 is 2.27 bits per heavy atom. The van der Waals surface area contributed by atoms with Crippen LogP contribution in [0.4, 0.5) is 4.79 Å². The summed E-state index contributed by atoms with van der Waals surface area (Å²) in [6.07, 6.45) is 5.19. The Labute approximate surface area is 89.1 Å². The lowest BCUT2D eigenvalue weighted by atomic mass is 10.1. The second-order valence-corrected chi connectivity index (χ2v) is 2.46. The van der Waals surface area contributed by atoms with Gasteiger partial charge < -0.3 is 10.4 Å². The summed E-state index contributed by atoms with van der Waals surface area (Å²) in [5.41, 5.74) is 0.173. The fraction of sp³-hybridized carbons (Fsp3) is 0. The highest BCUT2D eigenvalue weighted by Crippen LogP contribution is 2.02. The summed E-state index contributed by atoms with van der Waals surface area (Å²) in [5.74, 6) is -1.93. The molecule has 0 aliphatic carbocycles. The molecule has 0 aromatic carbocycles. The number of carbonyl (C=O) groups is 2. The molecule has 4 nitrogen and oxygen atoms in total. The van der Waals surface area contributed by atoms with Crippen LogP contribution in [0.5, 0.6) is 0 Å². The molecule has 0 aromatic heterocycles. The van der Waals surface area contributed by atoms with Crippen molar-refractivity contribution in [3.63, 3.8) is 0 Å². The molecular weight excluding hydrogens is 193 g/mol. The van der Waals surface area contributed by atoms with Crippen molar-refractivity contribution < 1.29 is 14.7 Å². The van der Waals surface area contributed by atoms with Crippen molar-refractivity contribution in [3.8, 4) is 0 Å². The van der Waals surface area contributed by atoms with Crippen molar-refractivity contribution >= 4 is 19.6 Å². The summed E-state index contributed by atoms with van der Waals surface area (Å²) in [5, 5.41) is 10.9. The summed E-state index contributed by atoms with van der Waals surface area (Å²) in [4.78, 5) is 21.2. The molecule has 0 saturated carbocycles. The molecule has 0 atom stereocenters. The van der Waals surface area contributed by atoms with Crippen LogP contribution >= 0.6 is 0 Å². The highest BCUT2D eigenvalue weighted by Gasteiger charge is 2.03. The molecule has 0 bridgehead atoms. The summed E-state index contributed by atoms with van der Waals surface area (Å²) in [6.45, 7) is 6.74.